The number of ether oxygens (including phenoxy) is 2. The minimum Gasteiger partial charge on any atom is -0.494 e. The van der Waals surface area contributed by atoms with Gasteiger partial charge in [0.1, 0.15) is 11.6 Å². The zero-order chi connectivity index (χ0) is 18.9. The van der Waals surface area contributed by atoms with Crippen LogP contribution in [-0.4, -0.2) is 36.0 Å². The van der Waals surface area contributed by atoms with Crippen LogP contribution in [0.3, 0.4) is 0 Å². The number of benzene rings is 1. The van der Waals surface area contributed by atoms with Crippen LogP contribution in [0.4, 0.5) is 13.6 Å². The monoisotopic (exact) mass is 355 g/mol. The zero-order valence-corrected chi connectivity index (χ0v) is 15.1. The number of Topliss-reactive ketones (excluding diaryl/α,β-unsaturated/α-hetero) is 1. The maximum Gasteiger partial charge on any atom is 0.411 e. The lowest BCUT2D eigenvalue weighted by atomic mass is 9.88. The third-order valence-corrected chi connectivity index (χ3v) is 3.89. The maximum atomic E-state index is 14.5. The highest BCUT2D eigenvalue weighted by Gasteiger charge is 2.41. The molecule has 1 heterocycles. The number of amides is 1. The molecule has 1 aromatic carbocycles. The van der Waals surface area contributed by atoms with Crippen molar-refractivity contribution in [2.24, 2.45) is 5.92 Å². The second-order valence-corrected chi connectivity index (χ2v) is 7.30. The van der Waals surface area contributed by atoms with E-state index < -0.39 is 29.4 Å². The molecule has 1 aliphatic heterocycles. The van der Waals surface area contributed by atoms with E-state index in [0.717, 1.165) is 0 Å². The molecule has 1 saturated heterocycles. The summed E-state index contributed by atoms with van der Waals surface area (Å²) in [5.41, 5.74) is -0.962. The van der Waals surface area contributed by atoms with Crippen molar-refractivity contribution in [1.29, 1.82) is 0 Å². The molecule has 0 spiro atoms. The Kier molecular flexibility index (Phi) is 5.34. The smallest absolute Gasteiger partial charge is 0.411 e. The van der Waals surface area contributed by atoms with E-state index in [0.29, 0.717) is 0 Å². The molecule has 0 saturated carbocycles. The molecular weight excluding hydrogens is 332 g/mol. The molecule has 0 radical (unpaired) electrons. The number of carbonyl (C=O) groups is 2. The molecule has 1 amide bonds. The second kappa shape index (κ2) is 6.98. The van der Waals surface area contributed by atoms with Gasteiger partial charge < -0.3 is 9.47 Å². The highest BCUT2D eigenvalue weighted by molar-refractivity contribution is 5.90. The molecule has 2 rings (SSSR count). The summed E-state index contributed by atoms with van der Waals surface area (Å²) < 4.78 is 38.6. The van der Waals surface area contributed by atoms with Gasteiger partial charge in [0, 0.05) is 18.5 Å². The van der Waals surface area contributed by atoms with E-state index in [2.05, 4.69) is 0 Å². The summed E-state index contributed by atoms with van der Waals surface area (Å²) in [5, 5.41) is 0. The van der Waals surface area contributed by atoms with Crippen LogP contribution in [0.2, 0.25) is 0 Å². The molecule has 2 atom stereocenters. The maximum absolute atomic E-state index is 14.5. The van der Waals surface area contributed by atoms with E-state index in [4.69, 9.17) is 9.47 Å². The van der Waals surface area contributed by atoms with Crippen molar-refractivity contribution in [3.8, 4) is 5.75 Å². The third kappa shape index (κ3) is 4.08. The molecule has 138 valence electrons. The first kappa shape index (κ1) is 19.1. The van der Waals surface area contributed by atoms with Crippen LogP contribution in [-0.2, 0) is 9.53 Å². The average molecular weight is 355 g/mol. The van der Waals surface area contributed by atoms with Gasteiger partial charge in [-0.2, -0.15) is 4.39 Å². The molecule has 0 aromatic heterocycles. The van der Waals surface area contributed by atoms with Crippen molar-refractivity contribution < 1.29 is 27.8 Å². The molecule has 0 bridgehead atoms. The fourth-order valence-corrected chi connectivity index (χ4v) is 2.89. The molecule has 7 heteroatoms. The van der Waals surface area contributed by atoms with Gasteiger partial charge in [0.05, 0.1) is 7.11 Å². The van der Waals surface area contributed by atoms with Crippen LogP contribution >= 0.6 is 0 Å². The fourth-order valence-electron chi connectivity index (χ4n) is 2.89. The molecule has 0 aliphatic carbocycles. The fraction of sp³-hybridized carbons (Fsp3) is 0.556. The summed E-state index contributed by atoms with van der Waals surface area (Å²) in [4.78, 5) is 26.2. The lowest BCUT2D eigenvalue weighted by Gasteiger charge is -2.38. The van der Waals surface area contributed by atoms with Gasteiger partial charge in [0.25, 0.3) is 0 Å². The number of likely N-dealkylation sites (tertiary alicyclic amines) is 1. The number of halogens is 2. The topological polar surface area (TPSA) is 55.8 Å². The summed E-state index contributed by atoms with van der Waals surface area (Å²) in [6, 6.07) is 1.30. The van der Waals surface area contributed by atoms with Crippen molar-refractivity contribution in [2.75, 3.05) is 13.7 Å². The predicted molar refractivity (Wildman–Crippen MR) is 87.4 cm³/mol. The van der Waals surface area contributed by atoms with Crippen LogP contribution in [0.5, 0.6) is 5.75 Å². The summed E-state index contributed by atoms with van der Waals surface area (Å²) >= 11 is 0. The van der Waals surface area contributed by atoms with Crippen molar-refractivity contribution in [3.63, 3.8) is 0 Å². The molecule has 1 fully saturated rings. The van der Waals surface area contributed by atoms with Crippen LogP contribution in [0.15, 0.2) is 12.1 Å². The van der Waals surface area contributed by atoms with Crippen LogP contribution in [0.1, 0.15) is 45.7 Å². The zero-order valence-electron chi connectivity index (χ0n) is 15.1. The van der Waals surface area contributed by atoms with Gasteiger partial charge in [0.2, 0.25) is 5.82 Å². The van der Waals surface area contributed by atoms with Gasteiger partial charge in [-0.05, 0) is 38.8 Å². The second-order valence-electron chi connectivity index (χ2n) is 7.30. The first-order valence-corrected chi connectivity index (χ1v) is 8.09. The Bertz CT molecular complexity index is 684. The minimum atomic E-state index is -1.22. The number of hydrogen-bond donors (Lipinski definition) is 0. The van der Waals surface area contributed by atoms with Gasteiger partial charge in [-0.15, -0.1) is 0 Å². The Hall–Kier alpha value is -2.18. The molecular formula is C18H23F2NO4. The number of ketones is 1. The van der Waals surface area contributed by atoms with Gasteiger partial charge in [-0.25, -0.2) is 9.18 Å². The lowest BCUT2D eigenvalue weighted by Crippen LogP contribution is -2.48. The van der Waals surface area contributed by atoms with E-state index in [1.54, 1.807) is 20.8 Å². The number of hydrogen-bond acceptors (Lipinski definition) is 4. The number of methoxy groups -OCH3 is 1. The summed E-state index contributed by atoms with van der Waals surface area (Å²) in [5.74, 6) is -3.09. The van der Waals surface area contributed by atoms with Crippen molar-refractivity contribution in [1.82, 2.24) is 4.90 Å². The standard InChI is InChI=1S/C18H23F2NO4/c1-10-8-12(22)16(21(9-10)17(23)25-18(2,3)4)11-6-7-13(24-5)15(20)14(11)19/h6-7,10,16H,8-9H2,1-5H3/t10-,16+/m1/s1. The van der Waals surface area contributed by atoms with Crippen LogP contribution < -0.4 is 4.74 Å². The molecule has 1 aliphatic rings. The number of piperidine rings is 1. The SMILES string of the molecule is COc1ccc([C@H]2C(=O)C[C@@H](C)CN2C(=O)OC(C)(C)C)c(F)c1F. The summed E-state index contributed by atoms with van der Waals surface area (Å²) in [7, 11) is 1.22. The van der Waals surface area contributed by atoms with E-state index >= 15 is 0 Å². The van der Waals surface area contributed by atoms with Crippen molar-refractivity contribution >= 4 is 11.9 Å². The van der Waals surface area contributed by atoms with Crippen LogP contribution in [0.25, 0.3) is 0 Å². The molecule has 5 nitrogen and oxygen atoms in total. The lowest BCUT2D eigenvalue weighted by molar-refractivity contribution is -0.129. The van der Waals surface area contributed by atoms with Crippen molar-refractivity contribution in [2.45, 2.75) is 45.8 Å². The van der Waals surface area contributed by atoms with Crippen molar-refractivity contribution in [3.05, 3.63) is 29.3 Å². The van der Waals surface area contributed by atoms with Crippen LogP contribution in [0, 0.1) is 17.6 Å². The molecule has 1 aromatic rings. The van der Waals surface area contributed by atoms with E-state index in [-0.39, 0.29) is 36.0 Å². The Balaban J connectivity index is 2.46. The van der Waals surface area contributed by atoms with Gasteiger partial charge >= 0.3 is 6.09 Å². The van der Waals surface area contributed by atoms with E-state index in [1.807, 2.05) is 6.92 Å². The Morgan fingerprint density at radius 2 is 1.88 bits per heavy atom. The normalized spacial score (nSPS) is 21.2. The van der Waals surface area contributed by atoms with E-state index in [9.17, 15) is 18.4 Å². The Morgan fingerprint density at radius 3 is 2.44 bits per heavy atom. The quantitative estimate of drug-likeness (QED) is 0.808. The molecule has 25 heavy (non-hydrogen) atoms. The molecule has 0 unspecified atom stereocenters. The number of nitrogens with zero attached hydrogens (tertiary/aromatic N) is 1. The Labute approximate surface area is 145 Å². The summed E-state index contributed by atoms with van der Waals surface area (Å²) in [6.45, 7) is 7.13. The Morgan fingerprint density at radius 1 is 1.24 bits per heavy atom. The predicted octanol–water partition coefficient (Wildman–Crippen LogP) is 3.86. The number of carbonyl (C=O) groups excluding carboxylic acids is 2. The third-order valence-electron chi connectivity index (χ3n) is 3.89. The first-order chi connectivity index (χ1) is 11.5. The number of rotatable bonds is 2. The first-order valence-electron chi connectivity index (χ1n) is 8.09. The highest BCUT2D eigenvalue weighted by atomic mass is 19.2. The van der Waals surface area contributed by atoms with Gasteiger partial charge in [-0.1, -0.05) is 6.92 Å². The van der Waals surface area contributed by atoms with Gasteiger partial charge in [-0.3, -0.25) is 9.69 Å². The van der Waals surface area contributed by atoms with E-state index in [1.165, 1.54) is 24.1 Å². The van der Waals surface area contributed by atoms with Gasteiger partial charge in [0.15, 0.2) is 17.3 Å². The summed E-state index contributed by atoms with van der Waals surface area (Å²) in [6.07, 6.45) is -0.551. The average Bonchev–Trinajstić information content (AvgIpc) is 2.48. The minimum absolute atomic E-state index is 0.0950. The highest BCUT2D eigenvalue weighted by Crippen LogP contribution is 2.35. The molecule has 0 N–H and O–H groups in total. The largest absolute Gasteiger partial charge is 0.494 e.